The van der Waals surface area contributed by atoms with Crippen LogP contribution in [-0.2, 0) is 23.7 Å². The predicted molar refractivity (Wildman–Crippen MR) is 183 cm³/mol. The first-order valence-electron chi connectivity index (χ1n) is 19.4. The average Bonchev–Trinajstić information content (AvgIpc) is 3.49. The Morgan fingerprint density at radius 2 is 1.63 bits per heavy atom. The monoisotopic (exact) mass is 690 g/mol. The molecule has 2 saturated heterocycles. The summed E-state index contributed by atoms with van der Waals surface area (Å²) < 4.78 is 25.3. The largest absolute Gasteiger partial charge is 0.457 e. The van der Waals surface area contributed by atoms with Crippen molar-refractivity contribution in [3.63, 3.8) is 0 Å². The molecule has 2 spiro atoms. The Bertz CT molecular complexity index is 1330. The number of fused-ring (bicyclic) bond motifs is 4. The van der Waals surface area contributed by atoms with Crippen LogP contribution in [0, 0.1) is 62.1 Å². The Morgan fingerprint density at radius 3 is 2.27 bits per heavy atom. The first-order chi connectivity index (χ1) is 22.6. The van der Waals surface area contributed by atoms with Gasteiger partial charge in [-0.3, -0.25) is 4.79 Å². The zero-order valence-electron chi connectivity index (χ0n) is 32.0. The second-order valence-corrected chi connectivity index (χ2v) is 19.9. The molecule has 9 nitrogen and oxygen atoms in total. The lowest BCUT2D eigenvalue weighted by Gasteiger charge is -2.67. The fraction of sp³-hybridized carbons (Fsp3) is 0.975. The van der Waals surface area contributed by atoms with E-state index in [4.69, 9.17) is 18.9 Å². The maximum absolute atomic E-state index is 12.7. The SMILES string of the molecule is CC(=O)O[C@@H]([C@H]1C[C@@H](C)C2[C@H](O1)[C@H](O)[C@@]1(C)[C@@H]3CC[C@@]4(C)C(C)(C)[C@@H](O[C@@H]5OC[C@@H](O)[C@H](O)[C@H]5C)CC[C@@]45[C@@H](C)[C@@]35CC[C@]21C)C(C)(C)O. The molecule has 0 aromatic heterocycles. The van der Waals surface area contributed by atoms with Crippen molar-refractivity contribution in [3.8, 4) is 0 Å². The van der Waals surface area contributed by atoms with E-state index in [1.54, 1.807) is 13.8 Å². The van der Waals surface area contributed by atoms with Gasteiger partial charge in [0.05, 0.1) is 42.7 Å². The molecule has 18 atom stereocenters. The van der Waals surface area contributed by atoms with Gasteiger partial charge in [0.2, 0.25) is 0 Å². The van der Waals surface area contributed by atoms with Gasteiger partial charge < -0.3 is 39.4 Å². The van der Waals surface area contributed by atoms with Crippen molar-refractivity contribution in [3.05, 3.63) is 0 Å². The lowest BCUT2D eigenvalue weighted by Crippen LogP contribution is -2.64. The van der Waals surface area contributed by atoms with Crippen LogP contribution in [0.2, 0.25) is 0 Å². The van der Waals surface area contributed by atoms with E-state index in [1.807, 2.05) is 6.92 Å². The highest BCUT2D eigenvalue weighted by atomic mass is 16.7. The van der Waals surface area contributed by atoms with E-state index in [-0.39, 0.29) is 69.1 Å². The van der Waals surface area contributed by atoms with Gasteiger partial charge in [-0.2, -0.15) is 0 Å². The van der Waals surface area contributed by atoms with Crippen molar-refractivity contribution in [2.24, 2.45) is 62.1 Å². The Labute approximate surface area is 294 Å². The van der Waals surface area contributed by atoms with E-state index in [0.29, 0.717) is 18.3 Å². The number of aliphatic hydroxyl groups excluding tert-OH is 3. The summed E-state index contributed by atoms with van der Waals surface area (Å²) in [7, 11) is 0. The van der Waals surface area contributed by atoms with Gasteiger partial charge in [0, 0.05) is 18.3 Å². The minimum absolute atomic E-state index is 0.00807. The number of carbonyl (C=O) groups excluding carboxylic acids is 1. The average molecular weight is 691 g/mol. The second kappa shape index (κ2) is 11.1. The Balaban J connectivity index is 1.19. The lowest BCUT2D eigenvalue weighted by molar-refractivity contribution is -0.298. The summed E-state index contributed by atoms with van der Waals surface area (Å²) in [5.41, 5.74) is -1.64. The maximum atomic E-state index is 12.7. The molecule has 5 saturated carbocycles. The maximum Gasteiger partial charge on any atom is 0.303 e. The fourth-order valence-corrected chi connectivity index (χ4v) is 15.1. The highest BCUT2D eigenvalue weighted by Gasteiger charge is 2.90. The minimum Gasteiger partial charge on any atom is -0.457 e. The third-order valence-corrected chi connectivity index (χ3v) is 17.8. The number of carbonyl (C=O) groups is 1. The molecule has 4 N–H and O–H groups in total. The number of hydrogen-bond donors (Lipinski definition) is 4. The molecule has 0 amide bonds. The van der Waals surface area contributed by atoms with Crippen LogP contribution in [0.15, 0.2) is 0 Å². The molecule has 7 fully saturated rings. The van der Waals surface area contributed by atoms with E-state index < -0.39 is 48.4 Å². The van der Waals surface area contributed by atoms with E-state index >= 15 is 0 Å². The summed E-state index contributed by atoms with van der Waals surface area (Å²) in [5.74, 6) is 0.518. The first-order valence-corrected chi connectivity index (χ1v) is 19.4. The molecule has 2 aliphatic heterocycles. The Morgan fingerprint density at radius 1 is 0.959 bits per heavy atom. The van der Waals surface area contributed by atoms with Crippen LogP contribution in [0.25, 0.3) is 0 Å². The predicted octanol–water partition coefficient (Wildman–Crippen LogP) is 5.24. The molecule has 2 heterocycles. The van der Waals surface area contributed by atoms with Gasteiger partial charge in [0.25, 0.3) is 0 Å². The summed E-state index contributed by atoms with van der Waals surface area (Å²) in [6.45, 7) is 23.6. The van der Waals surface area contributed by atoms with Crippen LogP contribution >= 0.6 is 0 Å². The minimum atomic E-state index is -1.28. The van der Waals surface area contributed by atoms with Crippen molar-refractivity contribution in [2.75, 3.05) is 6.61 Å². The standard InChI is InChI=1S/C40H66O9/c1-20-18-25(32(35(7,8)45)47-23(4)41)48-30-28(20)36(9)16-17-39-22(3)40(39)15-13-27(49-33-21(2)29(43)24(42)19-46-33)34(5,6)37(40,10)14-12-26(39)38(36,11)31(30)44/h20-22,24-33,42-45H,12-19H2,1-11H3/t20-,21-,22+,24-,25-,26+,27+,28?,29-,30+,31+,32+,33+,36-,37+,38-,39+,40-/m1/s1. The van der Waals surface area contributed by atoms with Gasteiger partial charge in [-0.05, 0) is 110 Å². The van der Waals surface area contributed by atoms with E-state index in [0.717, 1.165) is 38.5 Å². The second-order valence-electron chi connectivity index (χ2n) is 19.9. The van der Waals surface area contributed by atoms with Gasteiger partial charge in [-0.15, -0.1) is 0 Å². The molecule has 0 aromatic rings. The van der Waals surface area contributed by atoms with Gasteiger partial charge in [-0.1, -0.05) is 55.4 Å². The van der Waals surface area contributed by atoms with E-state index in [9.17, 15) is 25.2 Å². The highest BCUT2D eigenvalue weighted by molar-refractivity contribution is 5.66. The molecule has 0 bridgehead atoms. The molecule has 9 heteroatoms. The van der Waals surface area contributed by atoms with Crippen molar-refractivity contribution >= 4 is 5.97 Å². The third-order valence-electron chi connectivity index (χ3n) is 17.8. The van der Waals surface area contributed by atoms with Crippen molar-refractivity contribution in [2.45, 2.75) is 176 Å². The number of esters is 1. The smallest absolute Gasteiger partial charge is 0.303 e. The van der Waals surface area contributed by atoms with Gasteiger partial charge in [0.15, 0.2) is 12.4 Å². The highest BCUT2D eigenvalue weighted by Crippen LogP contribution is 2.94. The van der Waals surface area contributed by atoms with Crippen LogP contribution in [-0.4, -0.2) is 87.6 Å². The number of hydrogen-bond acceptors (Lipinski definition) is 9. The molecule has 5 aliphatic carbocycles. The molecule has 7 rings (SSSR count). The molecular formula is C40H66O9. The molecule has 0 radical (unpaired) electrons. The van der Waals surface area contributed by atoms with Crippen molar-refractivity contribution < 1.29 is 44.2 Å². The summed E-state index contributed by atoms with van der Waals surface area (Å²) in [6.07, 6.45) is 2.28. The van der Waals surface area contributed by atoms with Crippen LogP contribution in [0.1, 0.15) is 121 Å². The zero-order chi connectivity index (χ0) is 36.1. The van der Waals surface area contributed by atoms with Crippen LogP contribution in [0.3, 0.4) is 0 Å². The molecule has 1 unspecified atom stereocenters. The van der Waals surface area contributed by atoms with E-state index in [1.165, 1.54) is 6.92 Å². The zero-order valence-corrected chi connectivity index (χ0v) is 32.0. The van der Waals surface area contributed by atoms with Crippen LogP contribution in [0.5, 0.6) is 0 Å². The van der Waals surface area contributed by atoms with Crippen LogP contribution < -0.4 is 0 Å². The summed E-state index contributed by atoms with van der Waals surface area (Å²) in [5, 5.41) is 44.5. The molecule has 0 aromatic carbocycles. The van der Waals surface area contributed by atoms with Gasteiger partial charge in [0.1, 0.15) is 6.10 Å². The topological polar surface area (TPSA) is 135 Å². The van der Waals surface area contributed by atoms with Crippen molar-refractivity contribution in [1.82, 2.24) is 0 Å². The molecular weight excluding hydrogens is 624 g/mol. The molecule has 7 aliphatic rings. The van der Waals surface area contributed by atoms with Gasteiger partial charge in [-0.25, -0.2) is 0 Å². The number of ether oxygens (including phenoxy) is 4. The van der Waals surface area contributed by atoms with Gasteiger partial charge >= 0.3 is 5.97 Å². The lowest BCUT2D eigenvalue weighted by atomic mass is 9.38. The summed E-state index contributed by atoms with van der Waals surface area (Å²) in [4.78, 5) is 12.1. The normalized spacial score (nSPS) is 56.7. The first kappa shape index (κ1) is 36.5. The Kier molecular flexibility index (Phi) is 8.29. The quantitative estimate of drug-likeness (QED) is 0.226. The molecule has 49 heavy (non-hydrogen) atoms. The summed E-state index contributed by atoms with van der Waals surface area (Å²) in [6, 6.07) is 0. The third kappa shape index (κ3) is 4.33. The fourth-order valence-electron chi connectivity index (χ4n) is 15.1. The number of aliphatic hydroxyl groups is 4. The molecule has 280 valence electrons. The summed E-state index contributed by atoms with van der Waals surface area (Å²) >= 11 is 0. The number of rotatable bonds is 5. The van der Waals surface area contributed by atoms with Crippen molar-refractivity contribution in [1.29, 1.82) is 0 Å². The Hall–Kier alpha value is -0.810. The van der Waals surface area contributed by atoms with E-state index in [2.05, 4.69) is 48.5 Å². The van der Waals surface area contributed by atoms with Crippen LogP contribution in [0.4, 0.5) is 0 Å².